The van der Waals surface area contributed by atoms with Gasteiger partial charge in [0.2, 0.25) is 0 Å². The molecule has 0 spiro atoms. The highest BCUT2D eigenvalue weighted by atomic mass is 16.5. The van der Waals surface area contributed by atoms with Crippen LogP contribution in [0.4, 0.5) is 0 Å². The summed E-state index contributed by atoms with van der Waals surface area (Å²) in [4.78, 5) is 9.75. The number of ether oxygens (including phenoxy) is 1. The first-order valence-corrected chi connectivity index (χ1v) is 3.58. The molecule has 0 heterocycles. The maximum atomic E-state index is 9.75. The molecule has 0 N–H and O–H groups in total. The SMILES string of the molecule is CC/C=C/CCOCC=O. The van der Waals surface area contributed by atoms with Crippen LogP contribution >= 0.6 is 0 Å². The molecule has 0 radical (unpaired) electrons. The second-order valence-electron chi connectivity index (χ2n) is 1.91. The van der Waals surface area contributed by atoms with E-state index in [4.69, 9.17) is 4.74 Å². The van der Waals surface area contributed by atoms with Gasteiger partial charge in [0, 0.05) is 0 Å². The average Bonchev–Trinajstić information content (AvgIpc) is 1.97. The summed E-state index contributed by atoms with van der Waals surface area (Å²) in [6, 6.07) is 0. The van der Waals surface area contributed by atoms with Gasteiger partial charge < -0.3 is 9.53 Å². The van der Waals surface area contributed by atoms with Crippen LogP contribution in [-0.4, -0.2) is 19.5 Å². The van der Waals surface area contributed by atoms with E-state index in [9.17, 15) is 4.79 Å². The average molecular weight is 142 g/mol. The van der Waals surface area contributed by atoms with E-state index < -0.39 is 0 Å². The molecule has 0 saturated heterocycles. The van der Waals surface area contributed by atoms with Crippen molar-refractivity contribution in [1.29, 1.82) is 0 Å². The van der Waals surface area contributed by atoms with E-state index in [1.54, 1.807) is 0 Å². The summed E-state index contributed by atoms with van der Waals surface area (Å²) in [5.41, 5.74) is 0. The van der Waals surface area contributed by atoms with Crippen molar-refractivity contribution in [3.05, 3.63) is 12.2 Å². The fourth-order valence-corrected chi connectivity index (χ4v) is 0.567. The van der Waals surface area contributed by atoms with Crippen LogP contribution < -0.4 is 0 Å². The first kappa shape index (κ1) is 9.37. The van der Waals surface area contributed by atoms with Crippen molar-refractivity contribution < 1.29 is 9.53 Å². The minimum Gasteiger partial charge on any atom is -0.374 e. The molecule has 0 aromatic rings. The van der Waals surface area contributed by atoms with Crippen LogP contribution in [-0.2, 0) is 9.53 Å². The van der Waals surface area contributed by atoms with Crippen molar-refractivity contribution in [2.75, 3.05) is 13.2 Å². The molecule has 0 aliphatic rings. The van der Waals surface area contributed by atoms with E-state index in [0.717, 1.165) is 19.1 Å². The summed E-state index contributed by atoms with van der Waals surface area (Å²) in [6.07, 6.45) is 6.88. The zero-order valence-electron chi connectivity index (χ0n) is 6.38. The molecule has 0 saturated carbocycles. The summed E-state index contributed by atoms with van der Waals surface area (Å²) in [5.74, 6) is 0. The van der Waals surface area contributed by atoms with Crippen LogP contribution in [0.5, 0.6) is 0 Å². The maximum Gasteiger partial charge on any atom is 0.145 e. The molecule has 0 bridgehead atoms. The Morgan fingerprint density at radius 3 is 2.80 bits per heavy atom. The quantitative estimate of drug-likeness (QED) is 0.319. The molecule has 58 valence electrons. The van der Waals surface area contributed by atoms with Crippen molar-refractivity contribution in [2.24, 2.45) is 0 Å². The van der Waals surface area contributed by atoms with Gasteiger partial charge >= 0.3 is 0 Å². The van der Waals surface area contributed by atoms with Crippen LogP contribution in [0.15, 0.2) is 12.2 Å². The number of rotatable bonds is 6. The number of carbonyl (C=O) groups excluding carboxylic acids is 1. The zero-order valence-corrected chi connectivity index (χ0v) is 6.38. The number of hydrogen-bond acceptors (Lipinski definition) is 2. The van der Waals surface area contributed by atoms with Crippen LogP contribution in [0.2, 0.25) is 0 Å². The van der Waals surface area contributed by atoms with Crippen molar-refractivity contribution in [3.8, 4) is 0 Å². The lowest BCUT2D eigenvalue weighted by Gasteiger charge is -1.93. The van der Waals surface area contributed by atoms with Gasteiger partial charge in [0.25, 0.3) is 0 Å². The first-order valence-electron chi connectivity index (χ1n) is 3.58. The molecule has 10 heavy (non-hydrogen) atoms. The molecule has 0 aliphatic heterocycles. The maximum absolute atomic E-state index is 9.75. The molecule has 0 atom stereocenters. The van der Waals surface area contributed by atoms with Gasteiger partial charge in [-0.05, 0) is 12.8 Å². The van der Waals surface area contributed by atoms with Gasteiger partial charge in [-0.2, -0.15) is 0 Å². The lowest BCUT2D eigenvalue weighted by Crippen LogP contribution is -1.95. The molecule has 2 nitrogen and oxygen atoms in total. The Kier molecular flexibility index (Phi) is 7.84. The van der Waals surface area contributed by atoms with Gasteiger partial charge in [-0.25, -0.2) is 0 Å². The van der Waals surface area contributed by atoms with Crippen LogP contribution in [0.3, 0.4) is 0 Å². The zero-order chi connectivity index (χ0) is 7.66. The van der Waals surface area contributed by atoms with E-state index in [1.807, 2.05) is 0 Å². The van der Waals surface area contributed by atoms with Crippen LogP contribution in [0.25, 0.3) is 0 Å². The monoisotopic (exact) mass is 142 g/mol. The largest absolute Gasteiger partial charge is 0.374 e. The predicted molar refractivity (Wildman–Crippen MR) is 40.9 cm³/mol. The molecular weight excluding hydrogens is 128 g/mol. The molecule has 0 amide bonds. The topological polar surface area (TPSA) is 26.3 Å². The number of hydrogen-bond donors (Lipinski definition) is 0. The predicted octanol–water partition coefficient (Wildman–Crippen LogP) is 1.56. The molecule has 2 heteroatoms. The molecule has 0 rings (SSSR count). The van der Waals surface area contributed by atoms with Gasteiger partial charge in [-0.3, -0.25) is 0 Å². The van der Waals surface area contributed by atoms with Crippen LogP contribution in [0.1, 0.15) is 19.8 Å². The Hall–Kier alpha value is -0.630. The third kappa shape index (κ3) is 7.37. The standard InChI is InChI=1S/C8H14O2/c1-2-3-4-5-7-10-8-6-9/h3-4,6H,2,5,7-8H2,1H3/b4-3+. The number of carbonyl (C=O) groups is 1. The molecular formula is C8H14O2. The molecule has 0 fully saturated rings. The Labute approximate surface area is 61.9 Å². The van der Waals surface area contributed by atoms with E-state index in [-0.39, 0.29) is 6.61 Å². The van der Waals surface area contributed by atoms with Crippen molar-refractivity contribution >= 4 is 6.29 Å². The summed E-state index contributed by atoms with van der Waals surface area (Å²) in [7, 11) is 0. The van der Waals surface area contributed by atoms with Crippen molar-refractivity contribution in [2.45, 2.75) is 19.8 Å². The Morgan fingerprint density at radius 1 is 1.40 bits per heavy atom. The van der Waals surface area contributed by atoms with Crippen LogP contribution in [0, 0.1) is 0 Å². The Balaban J connectivity index is 2.89. The number of allylic oxidation sites excluding steroid dienone is 1. The van der Waals surface area contributed by atoms with E-state index in [1.165, 1.54) is 0 Å². The molecule has 0 aromatic heterocycles. The smallest absolute Gasteiger partial charge is 0.145 e. The normalized spacial score (nSPS) is 10.5. The Bertz CT molecular complexity index is 97.4. The number of aldehydes is 1. The van der Waals surface area contributed by atoms with E-state index >= 15 is 0 Å². The third-order valence-electron chi connectivity index (χ3n) is 1.02. The highest BCUT2D eigenvalue weighted by molar-refractivity contribution is 5.50. The van der Waals surface area contributed by atoms with Gasteiger partial charge in [-0.1, -0.05) is 19.1 Å². The molecule has 0 aromatic carbocycles. The summed E-state index contributed by atoms with van der Waals surface area (Å²) in [5, 5.41) is 0. The Morgan fingerprint density at radius 2 is 2.20 bits per heavy atom. The molecule has 0 unspecified atom stereocenters. The summed E-state index contributed by atoms with van der Waals surface area (Å²) >= 11 is 0. The fraction of sp³-hybridized carbons (Fsp3) is 0.625. The fourth-order valence-electron chi connectivity index (χ4n) is 0.567. The second kappa shape index (κ2) is 8.37. The van der Waals surface area contributed by atoms with Gasteiger partial charge in [0.1, 0.15) is 12.9 Å². The van der Waals surface area contributed by atoms with E-state index in [2.05, 4.69) is 19.1 Å². The highest BCUT2D eigenvalue weighted by Gasteiger charge is 1.81. The van der Waals surface area contributed by atoms with Crippen molar-refractivity contribution in [1.82, 2.24) is 0 Å². The van der Waals surface area contributed by atoms with Gasteiger partial charge in [-0.15, -0.1) is 0 Å². The second-order valence-corrected chi connectivity index (χ2v) is 1.91. The highest BCUT2D eigenvalue weighted by Crippen LogP contribution is 1.86. The third-order valence-corrected chi connectivity index (χ3v) is 1.02. The minimum atomic E-state index is 0.222. The van der Waals surface area contributed by atoms with E-state index in [0.29, 0.717) is 6.61 Å². The lowest BCUT2D eigenvalue weighted by atomic mass is 10.3. The minimum absolute atomic E-state index is 0.222. The summed E-state index contributed by atoms with van der Waals surface area (Å²) < 4.78 is 4.91. The first-order chi connectivity index (χ1) is 4.91. The lowest BCUT2D eigenvalue weighted by molar-refractivity contribution is -0.111. The molecule has 0 aliphatic carbocycles. The van der Waals surface area contributed by atoms with Gasteiger partial charge in [0.15, 0.2) is 0 Å². The van der Waals surface area contributed by atoms with Gasteiger partial charge in [0.05, 0.1) is 6.61 Å². The van der Waals surface area contributed by atoms with Crippen molar-refractivity contribution in [3.63, 3.8) is 0 Å². The summed E-state index contributed by atoms with van der Waals surface area (Å²) in [6.45, 7) is 2.96.